The molecule has 1 aromatic heterocycles. The first-order valence-corrected chi connectivity index (χ1v) is 13.3. The van der Waals surface area contributed by atoms with Gasteiger partial charge in [-0.2, -0.15) is 4.31 Å². The van der Waals surface area contributed by atoms with E-state index in [1.54, 1.807) is 18.2 Å². The van der Waals surface area contributed by atoms with E-state index in [0.717, 1.165) is 48.1 Å². The molecule has 1 amide bonds. The number of carbonyl (C=O) groups excluding carboxylic acids is 1. The highest BCUT2D eigenvalue weighted by molar-refractivity contribution is 7.89. The number of rotatable bonds is 7. The van der Waals surface area contributed by atoms with Gasteiger partial charge in [-0.15, -0.1) is 0 Å². The molecule has 0 aliphatic carbocycles. The first kappa shape index (κ1) is 22.9. The fraction of sp³-hybridized carbons (Fsp3) is 0.400. The minimum atomic E-state index is -3.69. The molecular weight excluding hydrogens is 452 g/mol. The Labute approximate surface area is 199 Å². The molecule has 5 rings (SSSR count). The van der Waals surface area contributed by atoms with Crippen molar-refractivity contribution < 1.29 is 17.9 Å². The Morgan fingerprint density at radius 2 is 1.79 bits per heavy atom. The monoisotopic (exact) mass is 482 g/mol. The molecule has 0 bridgehead atoms. The summed E-state index contributed by atoms with van der Waals surface area (Å²) in [6.07, 6.45) is 4.79. The van der Waals surface area contributed by atoms with Crippen LogP contribution < -0.4 is 10.2 Å². The van der Waals surface area contributed by atoms with Gasteiger partial charge >= 0.3 is 0 Å². The molecule has 3 aromatic rings. The number of benzene rings is 2. The Morgan fingerprint density at radius 3 is 2.59 bits per heavy atom. The van der Waals surface area contributed by atoms with Crippen molar-refractivity contribution in [3.63, 3.8) is 0 Å². The highest BCUT2D eigenvalue weighted by Gasteiger charge is 2.29. The van der Waals surface area contributed by atoms with Gasteiger partial charge in [0.05, 0.1) is 23.7 Å². The third-order valence-corrected chi connectivity index (χ3v) is 8.52. The molecule has 2 saturated heterocycles. The van der Waals surface area contributed by atoms with Crippen LogP contribution in [0.3, 0.4) is 0 Å². The topological polar surface area (TPSA) is 94.7 Å². The Hall–Kier alpha value is -2.88. The number of nitrogens with zero attached hydrogens (tertiary/aromatic N) is 2. The zero-order chi connectivity index (χ0) is 23.5. The maximum atomic E-state index is 13.3. The summed E-state index contributed by atoms with van der Waals surface area (Å²) in [5, 5.41) is 4.16. The largest absolute Gasteiger partial charge is 0.379 e. The first-order chi connectivity index (χ1) is 16.5. The van der Waals surface area contributed by atoms with Crippen LogP contribution in [0.2, 0.25) is 0 Å². The van der Waals surface area contributed by atoms with Gasteiger partial charge in [-0.05, 0) is 49.1 Å². The molecule has 0 radical (unpaired) electrons. The Kier molecular flexibility index (Phi) is 6.58. The Bertz CT molecular complexity index is 1280. The Balaban J connectivity index is 1.37. The van der Waals surface area contributed by atoms with Crippen molar-refractivity contribution in [1.82, 2.24) is 14.6 Å². The number of ether oxygens (including phenoxy) is 1. The molecule has 3 heterocycles. The van der Waals surface area contributed by atoms with Crippen LogP contribution in [0.15, 0.2) is 53.6 Å². The molecule has 8 nitrogen and oxygen atoms in total. The number of hydrogen-bond donors (Lipinski definition) is 2. The van der Waals surface area contributed by atoms with Crippen molar-refractivity contribution in [2.45, 2.75) is 24.2 Å². The van der Waals surface area contributed by atoms with Gasteiger partial charge in [-0.1, -0.05) is 18.2 Å². The van der Waals surface area contributed by atoms with Crippen LogP contribution in [0.5, 0.6) is 0 Å². The van der Waals surface area contributed by atoms with Crippen molar-refractivity contribution in [3.05, 3.63) is 59.8 Å². The van der Waals surface area contributed by atoms with Crippen molar-refractivity contribution >= 4 is 32.5 Å². The number of carbonyl (C=O) groups is 1. The number of sulfonamides is 1. The van der Waals surface area contributed by atoms with Crippen LogP contribution >= 0.6 is 0 Å². The molecule has 2 N–H and O–H groups in total. The van der Waals surface area contributed by atoms with E-state index in [1.807, 2.05) is 24.4 Å². The molecule has 2 aromatic carbocycles. The van der Waals surface area contributed by atoms with Crippen LogP contribution in [0.1, 0.15) is 28.8 Å². The molecule has 0 unspecified atom stereocenters. The minimum Gasteiger partial charge on any atom is -0.379 e. The summed E-state index contributed by atoms with van der Waals surface area (Å²) in [6.45, 7) is 3.60. The molecule has 2 fully saturated rings. The van der Waals surface area contributed by atoms with Gasteiger partial charge in [0.25, 0.3) is 5.91 Å². The van der Waals surface area contributed by atoms with E-state index in [2.05, 4.69) is 21.3 Å². The van der Waals surface area contributed by atoms with Crippen LogP contribution in [0.4, 0.5) is 5.69 Å². The number of amides is 1. The van der Waals surface area contributed by atoms with Crippen molar-refractivity contribution in [2.24, 2.45) is 0 Å². The second kappa shape index (κ2) is 9.77. The molecular formula is C25H30N4O4S. The van der Waals surface area contributed by atoms with Crippen molar-refractivity contribution in [1.29, 1.82) is 0 Å². The number of anilines is 1. The van der Waals surface area contributed by atoms with Gasteiger partial charge in [0.15, 0.2) is 0 Å². The average molecular weight is 483 g/mol. The van der Waals surface area contributed by atoms with E-state index in [-0.39, 0.29) is 10.8 Å². The van der Waals surface area contributed by atoms with Gasteiger partial charge in [0.2, 0.25) is 10.0 Å². The number of para-hydroxylation sites is 1. The summed E-state index contributed by atoms with van der Waals surface area (Å²) in [6, 6.07) is 13.0. The summed E-state index contributed by atoms with van der Waals surface area (Å²) in [5.74, 6) is -0.249. The minimum absolute atomic E-state index is 0.152. The SMILES string of the molecule is O=C(NCCc1c[nH]c2ccccc12)c1cc(S(=O)(=O)N2CCOCC2)ccc1N1CCCC1. The lowest BCUT2D eigenvalue weighted by Crippen LogP contribution is -2.40. The van der Waals surface area contributed by atoms with E-state index >= 15 is 0 Å². The number of H-pyrrole nitrogens is 1. The zero-order valence-corrected chi connectivity index (χ0v) is 19.9. The highest BCUT2D eigenvalue weighted by Crippen LogP contribution is 2.29. The second-order valence-corrected chi connectivity index (χ2v) is 10.7. The summed E-state index contributed by atoms with van der Waals surface area (Å²) < 4.78 is 33.2. The van der Waals surface area contributed by atoms with E-state index in [0.29, 0.717) is 44.8 Å². The van der Waals surface area contributed by atoms with Crippen LogP contribution in [-0.2, 0) is 21.2 Å². The third-order valence-electron chi connectivity index (χ3n) is 6.62. The van der Waals surface area contributed by atoms with E-state index in [9.17, 15) is 13.2 Å². The van der Waals surface area contributed by atoms with E-state index < -0.39 is 10.0 Å². The van der Waals surface area contributed by atoms with Crippen molar-refractivity contribution in [3.8, 4) is 0 Å². The fourth-order valence-electron chi connectivity index (χ4n) is 4.77. The molecule has 0 spiro atoms. The molecule has 9 heteroatoms. The van der Waals surface area contributed by atoms with Gasteiger partial charge in [0.1, 0.15) is 0 Å². The lowest BCUT2D eigenvalue weighted by atomic mass is 10.1. The standard InChI is InChI=1S/C25H30N4O4S/c30-25(26-10-9-19-18-27-23-6-2-1-5-21(19)23)22-17-20(7-8-24(22)28-11-3-4-12-28)34(31,32)29-13-15-33-16-14-29/h1-2,5-8,17-18,27H,3-4,9-16H2,(H,26,30). The molecule has 0 atom stereocenters. The molecule has 2 aliphatic heterocycles. The van der Waals surface area contributed by atoms with Crippen molar-refractivity contribution in [2.75, 3.05) is 50.8 Å². The molecule has 2 aliphatic rings. The predicted octanol–water partition coefficient (Wildman–Crippen LogP) is 2.76. The number of fused-ring (bicyclic) bond motifs is 1. The zero-order valence-electron chi connectivity index (χ0n) is 19.1. The number of hydrogen-bond acceptors (Lipinski definition) is 5. The van der Waals surface area contributed by atoms with Crippen LogP contribution in [-0.4, -0.2) is 69.6 Å². The summed E-state index contributed by atoms with van der Waals surface area (Å²) >= 11 is 0. The van der Waals surface area contributed by atoms with E-state index in [4.69, 9.17) is 4.74 Å². The molecule has 0 saturated carbocycles. The third kappa shape index (κ3) is 4.55. The predicted molar refractivity (Wildman–Crippen MR) is 132 cm³/mol. The maximum absolute atomic E-state index is 13.3. The van der Waals surface area contributed by atoms with Crippen LogP contribution in [0, 0.1) is 0 Å². The number of aromatic nitrogens is 1. The number of morpholine rings is 1. The average Bonchev–Trinajstić information content (AvgIpc) is 3.55. The fourth-order valence-corrected chi connectivity index (χ4v) is 6.21. The lowest BCUT2D eigenvalue weighted by Gasteiger charge is -2.27. The quantitative estimate of drug-likeness (QED) is 0.540. The Morgan fingerprint density at radius 1 is 1.03 bits per heavy atom. The first-order valence-electron chi connectivity index (χ1n) is 11.8. The smallest absolute Gasteiger partial charge is 0.253 e. The number of aromatic amines is 1. The molecule has 180 valence electrons. The van der Waals surface area contributed by atoms with Gasteiger partial charge in [-0.25, -0.2) is 8.42 Å². The van der Waals surface area contributed by atoms with Gasteiger partial charge < -0.3 is 19.9 Å². The summed E-state index contributed by atoms with van der Waals surface area (Å²) in [7, 11) is -3.69. The van der Waals surface area contributed by atoms with E-state index in [1.165, 1.54) is 4.31 Å². The van der Waals surface area contributed by atoms with Crippen LogP contribution in [0.25, 0.3) is 10.9 Å². The second-order valence-electron chi connectivity index (χ2n) is 8.75. The lowest BCUT2D eigenvalue weighted by molar-refractivity contribution is 0.0730. The number of nitrogens with one attached hydrogen (secondary N) is 2. The maximum Gasteiger partial charge on any atom is 0.253 e. The van der Waals surface area contributed by atoms with Gasteiger partial charge in [-0.3, -0.25) is 4.79 Å². The van der Waals surface area contributed by atoms with Gasteiger partial charge in [0, 0.05) is 55.5 Å². The highest BCUT2D eigenvalue weighted by atomic mass is 32.2. The summed E-state index contributed by atoms with van der Waals surface area (Å²) in [5.41, 5.74) is 3.42. The summed E-state index contributed by atoms with van der Waals surface area (Å²) in [4.78, 5) is 18.9. The molecule has 34 heavy (non-hydrogen) atoms. The normalized spacial score (nSPS) is 17.4.